The molecule has 140 valence electrons. The maximum absolute atomic E-state index is 12.6. The second-order valence-electron chi connectivity index (χ2n) is 7.95. The molecule has 0 bridgehead atoms. The quantitative estimate of drug-likeness (QED) is 0.890. The molecule has 7 heteroatoms. The largest absolute Gasteiger partial charge is 0.343 e. The van der Waals surface area contributed by atoms with Crippen molar-refractivity contribution in [3.05, 3.63) is 11.6 Å². The van der Waals surface area contributed by atoms with Crippen LogP contribution in [0.25, 0.3) is 0 Å². The smallest absolute Gasteiger partial charge is 0.222 e. The van der Waals surface area contributed by atoms with Crippen LogP contribution in [-0.4, -0.2) is 45.2 Å². The lowest BCUT2D eigenvalue weighted by atomic mass is 9.94. The number of carbonyl (C=O) groups is 1. The molecule has 1 amide bonds. The number of rotatable bonds is 3. The summed E-state index contributed by atoms with van der Waals surface area (Å²) in [5.74, 6) is 4.47. The van der Waals surface area contributed by atoms with Gasteiger partial charge in [-0.05, 0) is 37.5 Å². The molecule has 0 spiro atoms. The highest BCUT2D eigenvalue weighted by atomic mass is 35.5. The Bertz CT molecular complexity index is 596. The second-order valence-corrected chi connectivity index (χ2v) is 7.95. The Morgan fingerprint density at radius 1 is 1.16 bits per heavy atom. The first-order valence-electron chi connectivity index (χ1n) is 9.61. The van der Waals surface area contributed by atoms with Gasteiger partial charge in [0.1, 0.15) is 11.6 Å². The third kappa shape index (κ3) is 4.00. The number of likely N-dealkylation sites (tertiary alicyclic amines) is 1. The maximum atomic E-state index is 12.6. The molecule has 2 fully saturated rings. The van der Waals surface area contributed by atoms with E-state index in [1.807, 2.05) is 0 Å². The van der Waals surface area contributed by atoms with Crippen molar-refractivity contribution in [2.45, 2.75) is 64.5 Å². The van der Waals surface area contributed by atoms with E-state index in [9.17, 15) is 4.79 Å². The van der Waals surface area contributed by atoms with E-state index in [4.69, 9.17) is 0 Å². The summed E-state index contributed by atoms with van der Waals surface area (Å²) in [6.07, 6.45) is 6.59. The van der Waals surface area contributed by atoms with Crippen LogP contribution in [0.2, 0.25) is 0 Å². The molecule has 0 radical (unpaired) electrons. The van der Waals surface area contributed by atoms with Gasteiger partial charge in [0.2, 0.25) is 5.91 Å². The van der Waals surface area contributed by atoms with Crippen LogP contribution in [-0.2, 0) is 17.9 Å². The number of carbonyl (C=O) groups excluding carboxylic acids is 1. The number of nitrogens with zero attached hydrogens (tertiary/aromatic N) is 4. The lowest BCUT2D eigenvalue weighted by Gasteiger charge is -2.32. The van der Waals surface area contributed by atoms with E-state index in [1.165, 1.54) is 19.3 Å². The molecular formula is C18H30ClN5O. The molecule has 2 unspecified atom stereocenters. The van der Waals surface area contributed by atoms with Gasteiger partial charge in [0.15, 0.2) is 0 Å². The van der Waals surface area contributed by atoms with Gasteiger partial charge in [0.05, 0.1) is 6.54 Å². The van der Waals surface area contributed by atoms with Crippen molar-refractivity contribution in [2.24, 2.45) is 11.8 Å². The lowest BCUT2D eigenvalue weighted by molar-refractivity contribution is -0.133. The minimum Gasteiger partial charge on any atom is -0.343 e. The van der Waals surface area contributed by atoms with Crippen LogP contribution in [0.4, 0.5) is 0 Å². The number of halogens is 1. The Labute approximate surface area is 156 Å². The van der Waals surface area contributed by atoms with Crippen molar-refractivity contribution >= 4 is 18.3 Å². The fraction of sp³-hybridized carbons (Fsp3) is 0.833. The van der Waals surface area contributed by atoms with Crippen molar-refractivity contribution in [2.75, 3.05) is 19.6 Å². The number of aromatic nitrogens is 3. The van der Waals surface area contributed by atoms with Crippen molar-refractivity contribution in [3.8, 4) is 0 Å². The van der Waals surface area contributed by atoms with E-state index in [0.717, 1.165) is 69.6 Å². The summed E-state index contributed by atoms with van der Waals surface area (Å²) in [6, 6.07) is 0. The molecule has 2 aliphatic heterocycles. The third-order valence-electron chi connectivity index (χ3n) is 6.13. The molecule has 1 saturated heterocycles. The second kappa shape index (κ2) is 8.04. The summed E-state index contributed by atoms with van der Waals surface area (Å²) in [5, 5.41) is 12.1. The summed E-state index contributed by atoms with van der Waals surface area (Å²) in [4.78, 5) is 14.7. The van der Waals surface area contributed by atoms with Crippen LogP contribution < -0.4 is 5.32 Å². The van der Waals surface area contributed by atoms with E-state index in [2.05, 4.69) is 31.9 Å². The zero-order valence-electron chi connectivity index (χ0n) is 15.1. The predicted octanol–water partition coefficient (Wildman–Crippen LogP) is 2.34. The number of hydrogen-bond donors (Lipinski definition) is 1. The highest BCUT2D eigenvalue weighted by molar-refractivity contribution is 5.85. The van der Waals surface area contributed by atoms with Gasteiger partial charge in [-0.3, -0.25) is 4.79 Å². The van der Waals surface area contributed by atoms with Gasteiger partial charge >= 0.3 is 0 Å². The predicted molar refractivity (Wildman–Crippen MR) is 98.7 cm³/mol. The molecule has 3 aliphatic rings. The van der Waals surface area contributed by atoms with Crippen molar-refractivity contribution in [3.63, 3.8) is 0 Å². The molecule has 6 nitrogen and oxygen atoms in total. The van der Waals surface area contributed by atoms with Gasteiger partial charge in [-0.15, -0.1) is 22.6 Å². The minimum atomic E-state index is 0. The number of piperidine rings is 1. The van der Waals surface area contributed by atoms with Gasteiger partial charge in [-0.2, -0.15) is 0 Å². The molecule has 1 aromatic rings. The van der Waals surface area contributed by atoms with Crippen molar-refractivity contribution in [1.82, 2.24) is 25.0 Å². The fourth-order valence-electron chi connectivity index (χ4n) is 4.69. The summed E-state index contributed by atoms with van der Waals surface area (Å²) in [6.45, 7) is 6.86. The van der Waals surface area contributed by atoms with Crippen LogP contribution in [0, 0.1) is 11.8 Å². The molecule has 2 atom stereocenters. The first-order chi connectivity index (χ1) is 11.7. The zero-order valence-corrected chi connectivity index (χ0v) is 15.9. The SMILES string of the molecule is CC1CCC(CC(=O)N2CCC(c3nnc4n3CCNC4)CC2)C1.Cl. The Morgan fingerprint density at radius 2 is 1.96 bits per heavy atom. The average Bonchev–Trinajstić information content (AvgIpc) is 3.21. The maximum Gasteiger partial charge on any atom is 0.222 e. The Hall–Kier alpha value is -1.14. The molecule has 25 heavy (non-hydrogen) atoms. The summed E-state index contributed by atoms with van der Waals surface area (Å²) >= 11 is 0. The number of amides is 1. The fourth-order valence-corrected chi connectivity index (χ4v) is 4.69. The summed E-state index contributed by atoms with van der Waals surface area (Å²) < 4.78 is 2.29. The van der Waals surface area contributed by atoms with Crippen molar-refractivity contribution < 1.29 is 4.79 Å². The topological polar surface area (TPSA) is 63.1 Å². The van der Waals surface area contributed by atoms with Gasteiger partial charge in [-0.25, -0.2) is 0 Å². The van der Waals surface area contributed by atoms with Crippen LogP contribution in [0.1, 0.15) is 63.0 Å². The minimum absolute atomic E-state index is 0. The first-order valence-corrected chi connectivity index (χ1v) is 9.61. The van der Waals surface area contributed by atoms with Crippen LogP contribution in [0.3, 0.4) is 0 Å². The van der Waals surface area contributed by atoms with E-state index in [-0.39, 0.29) is 12.4 Å². The molecule has 1 saturated carbocycles. The highest BCUT2D eigenvalue weighted by Gasteiger charge is 2.30. The molecular weight excluding hydrogens is 338 g/mol. The standard InChI is InChI=1S/C18H29N5O.ClH/c1-13-2-3-14(10-13)11-17(24)22-7-4-15(5-8-22)18-21-20-16-12-19-6-9-23(16)18;/h13-15,19H,2-12H2,1H3;1H. The molecule has 1 N–H and O–H groups in total. The third-order valence-corrected chi connectivity index (χ3v) is 6.13. The molecule has 0 aromatic carbocycles. The van der Waals surface area contributed by atoms with Gasteiger partial charge in [-0.1, -0.05) is 13.3 Å². The van der Waals surface area contributed by atoms with E-state index >= 15 is 0 Å². The van der Waals surface area contributed by atoms with Gasteiger partial charge in [0.25, 0.3) is 0 Å². The molecule has 4 rings (SSSR count). The number of nitrogens with one attached hydrogen (secondary N) is 1. The highest BCUT2D eigenvalue weighted by Crippen LogP contribution is 2.34. The summed E-state index contributed by atoms with van der Waals surface area (Å²) in [7, 11) is 0. The Balaban J connectivity index is 0.00000182. The Kier molecular flexibility index (Phi) is 6.00. The molecule has 3 heterocycles. The van der Waals surface area contributed by atoms with Crippen molar-refractivity contribution in [1.29, 1.82) is 0 Å². The molecule has 1 aromatic heterocycles. The number of fused-ring (bicyclic) bond motifs is 1. The van der Waals surface area contributed by atoms with Crippen LogP contribution >= 0.6 is 12.4 Å². The zero-order chi connectivity index (χ0) is 16.5. The normalized spacial score (nSPS) is 27.0. The van der Waals surface area contributed by atoms with Crippen LogP contribution in [0.5, 0.6) is 0 Å². The van der Waals surface area contributed by atoms with E-state index in [0.29, 0.717) is 17.7 Å². The lowest BCUT2D eigenvalue weighted by Crippen LogP contribution is -2.39. The molecule has 1 aliphatic carbocycles. The number of hydrogen-bond acceptors (Lipinski definition) is 4. The van der Waals surface area contributed by atoms with E-state index in [1.54, 1.807) is 0 Å². The Morgan fingerprint density at radius 3 is 2.68 bits per heavy atom. The van der Waals surface area contributed by atoms with E-state index < -0.39 is 0 Å². The van der Waals surface area contributed by atoms with Gasteiger partial charge in [0, 0.05) is 38.5 Å². The average molecular weight is 368 g/mol. The van der Waals surface area contributed by atoms with Gasteiger partial charge < -0.3 is 14.8 Å². The monoisotopic (exact) mass is 367 g/mol. The van der Waals surface area contributed by atoms with Crippen LogP contribution in [0.15, 0.2) is 0 Å². The first kappa shape index (κ1) is 18.6. The summed E-state index contributed by atoms with van der Waals surface area (Å²) in [5.41, 5.74) is 0.